The van der Waals surface area contributed by atoms with Gasteiger partial charge < -0.3 is 14.4 Å². The summed E-state index contributed by atoms with van der Waals surface area (Å²) in [6, 6.07) is 9.40. The number of hydrogen-bond acceptors (Lipinski definition) is 6. The molecule has 9 heteroatoms. The van der Waals surface area contributed by atoms with Gasteiger partial charge in [0, 0.05) is 35.5 Å². The van der Waals surface area contributed by atoms with Crippen molar-refractivity contribution < 1.29 is 14.6 Å². The van der Waals surface area contributed by atoms with Crippen LogP contribution in [0.2, 0.25) is 5.02 Å². The first-order chi connectivity index (χ1) is 14.4. The molecule has 0 bridgehead atoms. The fourth-order valence-electron chi connectivity index (χ4n) is 3.11. The van der Waals surface area contributed by atoms with Gasteiger partial charge in [-0.2, -0.15) is 0 Å². The lowest BCUT2D eigenvalue weighted by Gasteiger charge is -2.11. The third-order valence-corrected chi connectivity index (χ3v) is 5.73. The van der Waals surface area contributed by atoms with Gasteiger partial charge in [0.05, 0.1) is 17.5 Å². The minimum absolute atomic E-state index is 0.0376. The summed E-state index contributed by atoms with van der Waals surface area (Å²) in [5.41, 5.74) is 2.50. The lowest BCUT2D eigenvalue weighted by atomic mass is 10.2. The Balaban J connectivity index is 1.65. The van der Waals surface area contributed by atoms with Crippen LogP contribution in [0, 0.1) is 0 Å². The molecule has 7 nitrogen and oxygen atoms in total. The zero-order valence-electron chi connectivity index (χ0n) is 16.4. The SMILES string of the molecule is CC(C)Oc1ccc(-c2nnc(-c3ccnc4c3ccn4CCC(=O)O)s2)cc1Cl. The Labute approximate surface area is 181 Å². The van der Waals surface area contributed by atoms with Crippen LogP contribution in [0.5, 0.6) is 5.75 Å². The molecule has 0 radical (unpaired) electrons. The molecule has 4 aromatic rings. The second kappa shape index (κ2) is 8.41. The molecule has 1 aromatic carbocycles. The maximum absolute atomic E-state index is 10.9. The van der Waals surface area contributed by atoms with E-state index in [-0.39, 0.29) is 12.5 Å². The number of fused-ring (bicyclic) bond motifs is 1. The number of rotatable bonds is 7. The molecule has 0 aliphatic heterocycles. The van der Waals surface area contributed by atoms with Crippen LogP contribution in [-0.4, -0.2) is 36.9 Å². The highest BCUT2D eigenvalue weighted by molar-refractivity contribution is 7.18. The van der Waals surface area contributed by atoms with Crippen molar-refractivity contribution in [3.8, 4) is 26.9 Å². The van der Waals surface area contributed by atoms with Gasteiger partial charge in [0.1, 0.15) is 21.4 Å². The van der Waals surface area contributed by atoms with Crippen LogP contribution in [0.4, 0.5) is 0 Å². The number of hydrogen-bond donors (Lipinski definition) is 1. The Hall–Kier alpha value is -2.97. The molecule has 0 amide bonds. The van der Waals surface area contributed by atoms with Gasteiger partial charge in [0.25, 0.3) is 0 Å². The van der Waals surface area contributed by atoms with Crippen LogP contribution in [0.15, 0.2) is 42.7 Å². The summed E-state index contributed by atoms with van der Waals surface area (Å²) in [6.07, 6.45) is 3.62. The van der Waals surface area contributed by atoms with Crippen LogP contribution < -0.4 is 4.74 Å². The van der Waals surface area contributed by atoms with E-state index in [1.807, 2.05) is 54.9 Å². The van der Waals surface area contributed by atoms with Crippen LogP contribution in [0.1, 0.15) is 20.3 Å². The molecule has 0 spiro atoms. The number of carboxylic acids is 1. The van der Waals surface area contributed by atoms with Crippen molar-refractivity contribution >= 4 is 39.9 Å². The number of carbonyl (C=O) groups is 1. The summed E-state index contributed by atoms with van der Waals surface area (Å²) >= 11 is 7.82. The van der Waals surface area contributed by atoms with Crippen molar-refractivity contribution in [2.24, 2.45) is 0 Å². The number of aromatic nitrogens is 4. The van der Waals surface area contributed by atoms with Gasteiger partial charge in [-0.25, -0.2) is 4.98 Å². The smallest absolute Gasteiger partial charge is 0.305 e. The van der Waals surface area contributed by atoms with Crippen molar-refractivity contribution in [3.63, 3.8) is 0 Å². The standard InChI is InChI=1S/C21H19ClN4O3S/c1-12(2)29-17-4-3-13(11-16(17)22)20-24-25-21(30-20)15-5-8-23-19-14(15)6-9-26(19)10-7-18(27)28/h3-6,8-9,11-12H,7,10H2,1-2H3,(H,27,28). The highest BCUT2D eigenvalue weighted by atomic mass is 35.5. The van der Waals surface area contributed by atoms with Crippen LogP contribution >= 0.6 is 22.9 Å². The molecule has 0 saturated carbocycles. The Morgan fingerprint density at radius 2 is 2.03 bits per heavy atom. The highest BCUT2D eigenvalue weighted by Gasteiger charge is 2.15. The number of ether oxygens (including phenoxy) is 1. The van der Waals surface area contributed by atoms with Crippen molar-refractivity contribution in [3.05, 3.63) is 47.7 Å². The van der Waals surface area contributed by atoms with Crippen molar-refractivity contribution in [2.75, 3.05) is 0 Å². The number of halogens is 1. The summed E-state index contributed by atoms with van der Waals surface area (Å²) in [5, 5.41) is 20.6. The molecule has 0 aliphatic carbocycles. The summed E-state index contributed by atoms with van der Waals surface area (Å²) in [5.74, 6) is -0.205. The number of aryl methyl sites for hydroxylation is 1. The summed E-state index contributed by atoms with van der Waals surface area (Å²) < 4.78 is 7.52. The molecule has 0 unspecified atom stereocenters. The van der Waals surface area contributed by atoms with Crippen molar-refractivity contribution in [1.29, 1.82) is 0 Å². The van der Waals surface area contributed by atoms with Gasteiger partial charge in [-0.3, -0.25) is 4.79 Å². The van der Waals surface area contributed by atoms with Gasteiger partial charge in [-0.05, 0) is 44.2 Å². The first kappa shape index (κ1) is 20.3. The second-order valence-electron chi connectivity index (χ2n) is 6.97. The Morgan fingerprint density at radius 3 is 2.77 bits per heavy atom. The molecular weight excluding hydrogens is 424 g/mol. The van der Waals surface area contributed by atoms with E-state index in [0.29, 0.717) is 17.3 Å². The van der Waals surface area contributed by atoms with E-state index in [0.717, 1.165) is 32.2 Å². The predicted octanol–water partition coefficient (Wildman–Crippen LogP) is 5.14. The van der Waals surface area contributed by atoms with E-state index in [1.54, 1.807) is 6.20 Å². The van der Waals surface area contributed by atoms with Gasteiger partial charge in [-0.15, -0.1) is 10.2 Å². The van der Waals surface area contributed by atoms with E-state index in [2.05, 4.69) is 15.2 Å². The van der Waals surface area contributed by atoms with E-state index >= 15 is 0 Å². The largest absolute Gasteiger partial charge is 0.489 e. The number of carboxylic acid groups (broad SMARTS) is 1. The minimum atomic E-state index is -0.842. The molecule has 3 aromatic heterocycles. The summed E-state index contributed by atoms with van der Waals surface area (Å²) in [4.78, 5) is 15.3. The highest BCUT2D eigenvalue weighted by Crippen LogP contribution is 2.36. The van der Waals surface area contributed by atoms with Crippen LogP contribution in [-0.2, 0) is 11.3 Å². The zero-order valence-corrected chi connectivity index (χ0v) is 17.9. The monoisotopic (exact) mass is 442 g/mol. The lowest BCUT2D eigenvalue weighted by Crippen LogP contribution is -2.05. The molecule has 30 heavy (non-hydrogen) atoms. The lowest BCUT2D eigenvalue weighted by molar-refractivity contribution is -0.137. The van der Waals surface area contributed by atoms with Crippen molar-refractivity contribution in [2.45, 2.75) is 32.9 Å². The third kappa shape index (κ3) is 4.15. The van der Waals surface area contributed by atoms with E-state index in [1.165, 1.54) is 11.3 Å². The average molecular weight is 443 g/mol. The van der Waals surface area contributed by atoms with Gasteiger partial charge >= 0.3 is 5.97 Å². The maximum atomic E-state index is 10.9. The third-order valence-electron chi connectivity index (χ3n) is 4.43. The quantitative estimate of drug-likeness (QED) is 0.426. The predicted molar refractivity (Wildman–Crippen MR) is 117 cm³/mol. The molecule has 4 rings (SSSR count). The normalized spacial score (nSPS) is 11.3. The number of nitrogens with zero attached hydrogens (tertiary/aromatic N) is 4. The number of benzene rings is 1. The van der Waals surface area contributed by atoms with Crippen LogP contribution in [0.3, 0.4) is 0 Å². The Bertz CT molecular complexity index is 1220. The molecule has 0 aliphatic rings. The minimum Gasteiger partial charge on any atom is -0.489 e. The molecule has 0 saturated heterocycles. The molecule has 0 atom stereocenters. The van der Waals surface area contributed by atoms with Gasteiger partial charge in [-0.1, -0.05) is 22.9 Å². The fraction of sp³-hybridized carbons (Fsp3) is 0.238. The van der Waals surface area contributed by atoms with Gasteiger partial charge in [0.15, 0.2) is 0 Å². The van der Waals surface area contributed by atoms with E-state index in [9.17, 15) is 4.79 Å². The molecular formula is C21H19ClN4O3S. The first-order valence-corrected chi connectivity index (χ1v) is 10.6. The van der Waals surface area contributed by atoms with Gasteiger partial charge in [0.2, 0.25) is 0 Å². The zero-order chi connectivity index (χ0) is 21.3. The fourth-order valence-corrected chi connectivity index (χ4v) is 4.21. The van der Waals surface area contributed by atoms with E-state index in [4.69, 9.17) is 21.4 Å². The average Bonchev–Trinajstić information content (AvgIpc) is 3.34. The summed E-state index contributed by atoms with van der Waals surface area (Å²) in [7, 11) is 0. The number of pyridine rings is 1. The maximum Gasteiger partial charge on any atom is 0.305 e. The van der Waals surface area contributed by atoms with Crippen LogP contribution in [0.25, 0.3) is 32.2 Å². The molecule has 0 fully saturated rings. The van der Waals surface area contributed by atoms with Crippen molar-refractivity contribution in [1.82, 2.24) is 19.7 Å². The first-order valence-electron chi connectivity index (χ1n) is 9.38. The topological polar surface area (TPSA) is 90.1 Å². The second-order valence-corrected chi connectivity index (χ2v) is 8.36. The number of aliphatic carboxylic acids is 1. The van der Waals surface area contributed by atoms with E-state index < -0.39 is 5.97 Å². The Kier molecular flexibility index (Phi) is 5.69. The molecule has 1 N–H and O–H groups in total. The Morgan fingerprint density at radius 1 is 1.23 bits per heavy atom. The summed E-state index contributed by atoms with van der Waals surface area (Å²) in [6.45, 7) is 4.26. The molecule has 154 valence electrons. The molecule has 3 heterocycles.